The average molecular weight is 302 g/mol. The third-order valence-corrected chi connectivity index (χ3v) is 4.91. The molecule has 2 aliphatic rings. The molecule has 2 fully saturated rings. The van der Waals surface area contributed by atoms with Gasteiger partial charge in [0.2, 0.25) is 0 Å². The maximum Gasteiger partial charge on any atom is 0.270 e. The standard InChI is InChI=1S/C16H18N2O4/c19-18(20)12-1-2-15-13(9-12)14(10-17-15)11-3-5-16(6-4-11)21-7-8-22-16/h1-2,9-11,17H,3-8H2. The summed E-state index contributed by atoms with van der Waals surface area (Å²) in [5, 5.41) is 11.9. The van der Waals surface area contributed by atoms with Crippen LogP contribution in [0.15, 0.2) is 24.4 Å². The van der Waals surface area contributed by atoms with Crippen molar-refractivity contribution >= 4 is 16.6 Å². The van der Waals surface area contributed by atoms with Crippen molar-refractivity contribution in [3.05, 3.63) is 40.1 Å². The minimum absolute atomic E-state index is 0.142. The first-order valence-electron chi connectivity index (χ1n) is 7.70. The average Bonchev–Trinajstić information content (AvgIpc) is 3.15. The fraction of sp³-hybridized carbons (Fsp3) is 0.500. The second-order valence-electron chi connectivity index (χ2n) is 6.11. The minimum Gasteiger partial charge on any atom is -0.361 e. The van der Waals surface area contributed by atoms with E-state index in [9.17, 15) is 10.1 Å². The van der Waals surface area contributed by atoms with E-state index >= 15 is 0 Å². The molecule has 1 saturated heterocycles. The number of nitro groups is 1. The van der Waals surface area contributed by atoms with Crippen molar-refractivity contribution in [2.75, 3.05) is 13.2 Å². The Morgan fingerprint density at radius 3 is 2.64 bits per heavy atom. The normalized spacial score (nSPS) is 21.6. The molecule has 6 heteroatoms. The molecule has 2 aromatic rings. The summed E-state index contributed by atoms with van der Waals surface area (Å²) in [7, 11) is 0. The summed E-state index contributed by atoms with van der Waals surface area (Å²) in [5.74, 6) is 0.0309. The van der Waals surface area contributed by atoms with Crippen molar-refractivity contribution in [2.24, 2.45) is 0 Å². The largest absolute Gasteiger partial charge is 0.361 e. The van der Waals surface area contributed by atoms with Crippen molar-refractivity contribution in [2.45, 2.75) is 37.4 Å². The number of aromatic nitrogens is 1. The van der Waals surface area contributed by atoms with Gasteiger partial charge in [0.25, 0.3) is 5.69 Å². The van der Waals surface area contributed by atoms with Crippen molar-refractivity contribution < 1.29 is 14.4 Å². The van der Waals surface area contributed by atoms with Gasteiger partial charge in [0, 0.05) is 42.1 Å². The van der Waals surface area contributed by atoms with Crippen LogP contribution in [0.25, 0.3) is 10.9 Å². The highest BCUT2D eigenvalue weighted by Crippen LogP contribution is 2.44. The third kappa shape index (κ3) is 2.19. The van der Waals surface area contributed by atoms with Crippen LogP contribution in [0.3, 0.4) is 0 Å². The maximum atomic E-state index is 11.0. The minimum atomic E-state index is -0.366. The summed E-state index contributed by atoms with van der Waals surface area (Å²) in [6, 6.07) is 5.00. The van der Waals surface area contributed by atoms with Crippen molar-refractivity contribution in [3.63, 3.8) is 0 Å². The van der Waals surface area contributed by atoms with Crippen LogP contribution >= 0.6 is 0 Å². The van der Waals surface area contributed by atoms with Gasteiger partial charge in [-0.15, -0.1) is 0 Å². The first-order valence-corrected chi connectivity index (χ1v) is 7.70. The number of hydrogen-bond donors (Lipinski definition) is 1. The van der Waals surface area contributed by atoms with Crippen molar-refractivity contribution in [1.29, 1.82) is 0 Å². The smallest absolute Gasteiger partial charge is 0.270 e. The lowest BCUT2D eigenvalue weighted by molar-refractivity contribution is -0.384. The zero-order chi connectivity index (χ0) is 15.2. The van der Waals surface area contributed by atoms with Gasteiger partial charge < -0.3 is 14.5 Å². The van der Waals surface area contributed by atoms with E-state index < -0.39 is 0 Å². The number of fused-ring (bicyclic) bond motifs is 1. The molecule has 0 radical (unpaired) electrons. The number of nitro benzene ring substituents is 1. The molecular formula is C16H18N2O4. The molecule has 1 saturated carbocycles. The Hall–Kier alpha value is -1.92. The SMILES string of the molecule is O=[N+]([O-])c1ccc2[nH]cc(C3CCC4(CC3)OCCO4)c2c1. The van der Waals surface area contributed by atoms with Crippen LogP contribution in [0.4, 0.5) is 5.69 Å². The molecule has 1 N–H and O–H groups in total. The predicted octanol–water partition coefficient (Wildman–Crippen LogP) is 3.48. The van der Waals surface area contributed by atoms with E-state index in [4.69, 9.17) is 9.47 Å². The first-order chi connectivity index (χ1) is 10.7. The van der Waals surface area contributed by atoms with Crippen LogP contribution in [-0.4, -0.2) is 28.9 Å². The van der Waals surface area contributed by atoms with Crippen LogP contribution in [-0.2, 0) is 9.47 Å². The fourth-order valence-electron chi connectivity index (χ4n) is 3.74. The molecular weight excluding hydrogens is 284 g/mol. The molecule has 116 valence electrons. The highest BCUT2D eigenvalue weighted by atomic mass is 16.7. The lowest BCUT2D eigenvalue weighted by Crippen LogP contribution is -2.34. The van der Waals surface area contributed by atoms with Gasteiger partial charge in [-0.05, 0) is 30.4 Å². The number of hydrogen-bond acceptors (Lipinski definition) is 4. The summed E-state index contributed by atoms with van der Waals surface area (Å²) in [6.45, 7) is 1.37. The number of ether oxygens (including phenoxy) is 2. The molecule has 2 heterocycles. The quantitative estimate of drug-likeness (QED) is 0.680. The van der Waals surface area contributed by atoms with Gasteiger partial charge in [0.05, 0.1) is 18.1 Å². The molecule has 0 amide bonds. The summed E-state index contributed by atoms with van der Waals surface area (Å²) in [6.07, 6.45) is 5.73. The van der Waals surface area contributed by atoms with Gasteiger partial charge >= 0.3 is 0 Å². The first kappa shape index (κ1) is 13.7. The maximum absolute atomic E-state index is 11.0. The molecule has 22 heavy (non-hydrogen) atoms. The van der Waals surface area contributed by atoms with Crippen LogP contribution in [0.2, 0.25) is 0 Å². The molecule has 4 rings (SSSR count). The molecule has 1 aromatic carbocycles. The second-order valence-corrected chi connectivity index (χ2v) is 6.11. The lowest BCUT2D eigenvalue weighted by atomic mass is 9.81. The second kappa shape index (κ2) is 5.07. The molecule has 0 bridgehead atoms. The zero-order valence-corrected chi connectivity index (χ0v) is 12.2. The van der Waals surface area contributed by atoms with E-state index in [0.717, 1.165) is 36.6 Å². The number of benzene rings is 1. The number of H-pyrrole nitrogens is 1. The van der Waals surface area contributed by atoms with Gasteiger partial charge in [0.1, 0.15) is 0 Å². The van der Waals surface area contributed by atoms with Crippen molar-refractivity contribution in [3.8, 4) is 0 Å². The number of non-ortho nitro benzene ring substituents is 1. The Bertz CT molecular complexity index is 708. The van der Waals surface area contributed by atoms with Gasteiger partial charge in [-0.2, -0.15) is 0 Å². The van der Waals surface area contributed by atoms with Gasteiger partial charge in [-0.1, -0.05) is 0 Å². The lowest BCUT2D eigenvalue weighted by Gasteiger charge is -2.35. The zero-order valence-electron chi connectivity index (χ0n) is 12.2. The summed E-state index contributed by atoms with van der Waals surface area (Å²) < 4.78 is 11.5. The van der Waals surface area contributed by atoms with Gasteiger partial charge in [0.15, 0.2) is 5.79 Å². The molecule has 6 nitrogen and oxygen atoms in total. The predicted molar refractivity (Wildman–Crippen MR) is 80.8 cm³/mol. The molecule has 0 unspecified atom stereocenters. The van der Waals surface area contributed by atoms with E-state index in [-0.39, 0.29) is 16.4 Å². The molecule has 1 aliphatic heterocycles. The Balaban J connectivity index is 1.61. The van der Waals surface area contributed by atoms with Crippen LogP contribution in [0.5, 0.6) is 0 Å². The van der Waals surface area contributed by atoms with Crippen molar-refractivity contribution in [1.82, 2.24) is 4.98 Å². The van der Waals surface area contributed by atoms with E-state index in [1.807, 2.05) is 6.20 Å². The van der Waals surface area contributed by atoms with Gasteiger partial charge in [-0.3, -0.25) is 10.1 Å². The summed E-state index contributed by atoms with van der Waals surface area (Å²) >= 11 is 0. The van der Waals surface area contributed by atoms with E-state index in [1.54, 1.807) is 18.2 Å². The Morgan fingerprint density at radius 1 is 1.23 bits per heavy atom. The van der Waals surface area contributed by atoms with Gasteiger partial charge in [-0.25, -0.2) is 0 Å². The Kier molecular flexibility index (Phi) is 3.16. The number of nitrogens with one attached hydrogen (secondary N) is 1. The monoisotopic (exact) mass is 302 g/mol. The summed E-state index contributed by atoms with van der Waals surface area (Å²) in [4.78, 5) is 13.9. The van der Waals surface area contributed by atoms with Crippen LogP contribution in [0.1, 0.15) is 37.2 Å². The highest BCUT2D eigenvalue weighted by Gasteiger charge is 2.40. The molecule has 1 aliphatic carbocycles. The topological polar surface area (TPSA) is 77.4 Å². The van der Waals surface area contributed by atoms with E-state index in [0.29, 0.717) is 19.1 Å². The number of aromatic amines is 1. The van der Waals surface area contributed by atoms with E-state index in [1.165, 1.54) is 5.56 Å². The van der Waals surface area contributed by atoms with Crippen LogP contribution in [0, 0.1) is 10.1 Å². The molecule has 1 spiro atoms. The Labute approximate surface area is 127 Å². The summed E-state index contributed by atoms with van der Waals surface area (Å²) in [5.41, 5.74) is 2.27. The number of nitrogens with zero attached hydrogens (tertiary/aromatic N) is 1. The third-order valence-electron chi connectivity index (χ3n) is 4.91. The van der Waals surface area contributed by atoms with E-state index in [2.05, 4.69) is 4.98 Å². The molecule has 0 atom stereocenters. The molecule has 1 aromatic heterocycles. The number of rotatable bonds is 2. The fourth-order valence-corrected chi connectivity index (χ4v) is 3.74. The van der Waals surface area contributed by atoms with Crippen LogP contribution < -0.4 is 0 Å². The Morgan fingerprint density at radius 2 is 1.95 bits per heavy atom. The highest BCUT2D eigenvalue weighted by molar-refractivity contribution is 5.85.